The Labute approximate surface area is 141 Å². The highest BCUT2D eigenvalue weighted by molar-refractivity contribution is 7.89. The summed E-state index contributed by atoms with van der Waals surface area (Å²) in [4.78, 5) is 23.7. The molecule has 0 unspecified atom stereocenters. The minimum Gasteiger partial charge on any atom is -0.311 e. The Balaban J connectivity index is 1.75. The van der Waals surface area contributed by atoms with E-state index >= 15 is 0 Å². The third-order valence-corrected chi connectivity index (χ3v) is 5.06. The third-order valence-electron chi connectivity index (χ3n) is 3.57. The van der Waals surface area contributed by atoms with Crippen molar-refractivity contribution in [2.75, 3.05) is 18.8 Å². The number of hydrogen-bond acceptors (Lipinski definition) is 4. The minimum atomic E-state index is -3.40. The van der Waals surface area contributed by atoms with Crippen molar-refractivity contribution in [3.8, 4) is 0 Å². The maximum Gasteiger partial charge on any atom is 0.324 e. The highest BCUT2D eigenvalue weighted by Gasteiger charge is 2.25. The van der Waals surface area contributed by atoms with E-state index in [4.69, 9.17) is 0 Å². The molecule has 0 aromatic heterocycles. The van der Waals surface area contributed by atoms with Gasteiger partial charge in [0.1, 0.15) is 6.54 Å². The topological polar surface area (TPSA) is 95.6 Å². The normalized spacial score (nSPS) is 16.6. The average Bonchev–Trinajstić information content (AvgIpc) is 2.85. The molecule has 7 nitrogen and oxygen atoms in total. The number of urea groups is 1. The van der Waals surface area contributed by atoms with Crippen LogP contribution in [0.1, 0.15) is 24.9 Å². The van der Waals surface area contributed by atoms with Crippen LogP contribution >= 0.6 is 0 Å². The third kappa shape index (κ3) is 5.47. The van der Waals surface area contributed by atoms with Crippen LogP contribution in [-0.2, 0) is 14.8 Å². The number of nitrogens with zero attached hydrogens (tertiary/aromatic N) is 1. The summed E-state index contributed by atoms with van der Waals surface area (Å²) in [6, 6.07) is 8.63. The second kappa shape index (κ2) is 8.07. The zero-order valence-electron chi connectivity index (χ0n) is 13.4. The predicted molar refractivity (Wildman–Crippen MR) is 90.6 cm³/mol. The van der Waals surface area contributed by atoms with E-state index in [1.807, 2.05) is 30.3 Å². The minimum absolute atomic E-state index is 0.0359. The number of imide groups is 1. The molecule has 130 valence electrons. The quantitative estimate of drug-likeness (QED) is 0.543. The Morgan fingerprint density at radius 3 is 2.58 bits per heavy atom. The van der Waals surface area contributed by atoms with Gasteiger partial charge < -0.3 is 4.90 Å². The number of carbonyl (C=O) groups excluding carboxylic acids is 2. The first kappa shape index (κ1) is 18.2. The summed E-state index contributed by atoms with van der Waals surface area (Å²) < 4.78 is 26.8. The molecule has 8 heteroatoms. The number of amides is 3. The number of benzene rings is 1. The Morgan fingerprint density at radius 1 is 1.25 bits per heavy atom. The largest absolute Gasteiger partial charge is 0.324 e. The lowest BCUT2D eigenvalue weighted by Gasteiger charge is -2.14. The van der Waals surface area contributed by atoms with Gasteiger partial charge >= 0.3 is 6.03 Å². The number of nitrogens with one attached hydrogen (secondary N) is 2. The van der Waals surface area contributed by atoms with E-state index in [0.29, 0.717) is 6.42 Å². The Hall–Kier alpha value is -2.19. The van der Waals surface area contributed by atoms with Gasteiger partial charge in [0.2, 0.25) is 15.9 Å². The van der Waals surface area contributed by atoms with Crippen LogP contribution < -0.4 is 10.0 Å². The highest BCUT2D eigenvalue weighted by Crippen LogP contribution is 2.12. The molecular formula is C16H21N3O4S. The van der Waals surface area contributed by atoms with E-state index in [9.17, 15) is 18.0 Å². The fraction of sp³-hybridized carbons (Fsp3) is 0.375. The van der Waals surface area contributed by atoms with Crippen LogP contribution in [0.4, 0.5) is 4.79 Å². The van der Waals surface area contributed by atoms with Crippen LogP contribution in [0.25, 0.3) is 0 Å². The first-order valence-electron chi connectivity index (χ1n) is 7.66. The molecule has 1 aromatic carbocycles. The molecule has 0 bridgehead atoms. The Morgan fingerprint density at radius 2 is 1.96 bits per heavy atom. The smallest absolute Gasteiger partial charge is 0.311 e. The molecule has 1 aliphatic heterocycles. The summed E-state index contributed by atoms with van der Waals surface area (Å²) >= 11 is 0. The van der Waals surface area contributed by atoms with E-state index in [1.165, 1.54) is 4.90 Å². The molecule has 2 N–H and O–H groups in total. The van der Waals surface area contributed by atoms with Crippen LogP contribution in [-0.4, -0.2) is 44.1 Å². The number of carbonyl (C=O) groups is 2. The van der Waals surface area contributed by atoms with Gasteiger partial charge in [0.15, 0.2) is 0 Å². The number of sulfonamides is 1. The van der Waals surface area contributed by atoms with Gasteiger partial charge in [0.25, 0.3) is 0 Å². The molecule has 1 aromatic rings. The van der Waals surface area contributed by atoms with Gasteiger partial charge in [0.05, 0.1) is 5.75 Å². The average molecular weight is 351 g/mol. The first-order valence-corrected chi connectivity index (χ1v) is 9.31. The van der Waals surface area contributed by atoms with Crippen LogP contribution in [0.2, 0.25) is 0 Å². The van der Waals surface area contributed by atoms with Crippen LogP contribution in [0.3, 0.4) is 0 Å². The maximum absolute atomic E-state index is 12.1. The molecule has 3 amide bonds. The molecule has 1 aliphatic rings. The van der Waals surface area contributed by atoms with Gasteiger partial charge in [-0.25, -0.2) is 17.9 Å². The summed E-state index contributed by atoms with van der Waals surface area (Å²) in [7, 11) is -3.40. The van der Waals surface area contributed by atoms with E-state index in [0.717, 1.165) is 5.56 Å². The van der Waals surface area contributed by atoms with E-state index < -0.39 is 16.1 Å². The maximum atomic E-state index is 12.1. The molecule has 0 spiro atoms. The summed E-state index contributed by atoms with van der Waals surface area (Å²) in [5.74, 6) is -0.360. The van der Waals surface area contributed by atoms with Gasteiger partial charge in [-0.15, -0.1) is 0 Å². The van der Waals surface area contributed by atoms with E-state index in [2.05, 4.69) is 10.0 Å². The summed E-state index contributed by atoms with van der Waals surface area (Å²) in [5, 5.41) is 2.18. The van der Waals surface area contributed by atoms with Crippen LogP contribution in [0.5, 0.6) is 0 Å². The van der Waals surface area contributed by atoms with E-state index in [-0.39, 0.29) is 30.8 Å². The van der Waals surface area contributed by atoms with Crippen molar-refractivity contribution < 1.29 is 18.0 Å². The summed E-state index contributed by atoms with van der Waals surface area (Å²) in [6.45, 7) is 2.12. The molecular weight excluding hydrogens is 330 g/mol. The van der Waals surface area contributed by atoms with Crippen LogP contribution in [0, 0.1) is 0 Å². The number of hydrogen-bond donors (Lipinski definition) is 2. The van der Waals surface area contributed by atoms with Gasteiger partial charge in [-0.05, 0) is 18.9 Å². The molecule has 1 atom stereocenters. The molecule has 1 fully saturated rings. The SMILES string of the molecule is C[C@@H](NS(=O)(=O)CC/C=C\CN1CC(=O)NC1=O)c1ccccc1. The fourth-order valence-electron chi connectivity index (χ4n) is 2.31. The fourth-order valence-corrected chi connectivity index (χ4v) is 3.55. The highest BCUT2D eigenvalue weighted by atomic mass is 32.2. The van der Waals surface area contributed by atoms with Crippen molar-refractivity contribution in [2.45, 2.75) is 19.4 Å². The molecule has 2 rings (SSSR count). The monoisotopic (exact) mass is 351 g/mol. The van der Waals surface area contributed by atoms with Gasteiger partial charge in [-0.1, -0.05) is 42.5 Å². The zero-order valence-corrected chi connectivity index (χ0v) is 14.3. The number of allylic oxidation sites excluding steroid dienone is 1. The Bertz CT molecular complexity index is 716. The second-order valence-electron chi connectivity index (χ2n) is 5.56. The lowest BCUT2D eigenvalue weighted by Crippen LogP contribution is -2.29. The van der Waals surface area contributed by atoms with Crippen molar-refractivity contribution in [2.24, 2.45) is 0 Å². The van der Waals surface area contributed by atoms with Gasteiger partial charge in [-0.3, -0.25) is 10.1 Å². The first-order chi connectivity index (χ1) is 11.4. The zero-order chi connectivity index (χ0) is 17.6. The molecule has 0 radical (unpaired) electrons. The molecule has 1 saturated heterocycles. The standard InChI is InChI=1S/C16H21N3O4S/c1-13(14-8-4-2-5-9-14)18-24(22,23)11-7-3-6-10-19-12-15(20)17-16(19)21/h2-6,8-9,13,18H,7,10-12H2,1H3,(H,17,20,21)/b6-3-/t13-/m1/s1. The van der Waals surface area contributed by atoms with Crippen molar-refractivity contribution in [3.63, 3.8) is 0 Å². The summed E-state index contributed by atoms with van der Waals surface area (Å²) in [6.07, 6.45) is 3.72. The molecule has 1 heterocycles. The van der Waals surface area contributed by atoms with Crippen molar-refractivity contribution in [3.05, 3.63) is 48.0 Å². The van der Waals surface area contributed by atoms with Crippen molar-refractivity contribution in [1.82, 2.24) is 14.9 Å². The van der Waals surface area contributed by atoms with Crippen LogP contribution in [0.15, 0.2) is 42.5 Å². The lowest BCUT2D eigenvalue weighted by molar-refractivity contribution is -0.118. The van der Waals surface area contributed by atoms with Crippen molar-refractivity contribution >= 4 is 22.0 Å². The summed E-state index contributed by atoms with van der Waals surface area (Å²) in [5.41, 5.74) is 0.904. The predicted octanol–water partition coefficient (Wildman–Crippen LogP) is 1.17. The van der Waals surface area contributed by atoms with E-state index in [1.54, 1.807) is 19.1 Å². The molecule has 24 heavy (non-hydrogen) atoms. The number of rotatable bonds is 8. The lowest BCUT2D eigenvalue weighted by atomic mass is 10.1. The van der Waals surface area contributed by atoms with Gasteiger partial charge in [-0.2, -0.15) is 0 Å². The molecule has 0 aliphatic carbocycles. The van der Waals surface area contributed by atoms with Crippen molar-refractivity contribution in [1.29, 1.82) is 0 Å². The second-order valence-corrected chi connectivity index (χ2v) is 7.44. The Kier molecular flexibility index (Phi) is 6.10. The molecule has 0 saturated carbocycles. The van der Waals surface area contributed by atoms with Gasteiger partial charge in [0, 0.05) is 12.6 Å².